The molecule has 3 heteroatoms. The van der Waals surface area contributed by atoms with Crippen LogP contribution in [0.5, 0.6) is 0 Å². The van der Waals surface area contributed by atoms with E-state index < -0.39 is 0 Å². The summed E-state index contributed by atoms with van der Waals surface area (Å²) in [6.07, 6.45) is 3.02. The maximum Gasteiger partial charge on any atom is 0.125 e. The Bertz CT molecular complexity index is 497. The fourth-order valence-electron chi connectivity index (χ4n) is 1.71. The number of aromatic nitrogens is 2. The Morgan fingerprint density at radius 3 is 2.59 bits per heavy atom. The molecule has 0 atom stereocenters. The van der Waals surface area contributed by atoms with Crippen molar-refractivity contribution in [2.75, 3.05) is 0 Å². The molecule has 0 aliphatic rings. The van der Waals surface area contributed by atoms with E-state index in [0.29, 0.717) is 5.92 Å². The lowest BCUT2D eigenvalue weighted by molar-refractivity contribution is 0.651. The molecule has 2 rings (SSSR count). The van der Waals surface area contributed by atoms with Crippen LogP contribution in [0.4, 0.5) is 0 Å². The number of thiazole rings is 1. The molecule has 17 heavy (non-hydrogen) atoms. The number of pyridine rings is 1. The van der Waals surface area contributed by atoms with Crippen LogP contribution in [0.2, 0.25) is 0 Å². The van der Waals surface area contributed by atoms with Crippen molar-refractivity contribution in [3.63, 3.8) is 0 Å². The van der Waals surface area contributed by atoms with E-state index in [1.54, 1.807) is 11.3 Å². The van der Waals surface area contributed by atoms with Crippen molar-refractivity contribution < 1.29 is 0 Å². The first-order valence-corrected chi connectivity index (χ1v) is 6.77. The lowest BCUT2D eigenvalue weighted by Crippen LogP contribution is -1.92. The van der Waals surface area contributed by atoms with Crippen LogP contribution >= 0.6 is 11.3 Å². The summed E-state index contributed by atoms with van der Waals surface area (Å²) in [5.74, 6) is 0.679. The van der Waals surface area contributed by atoms with Gasteiger partial charge in [0.05, 0.1) is 5.69 Å². The first-order chi connectivity index (χ1) is 8.06. The monoisotopic (exact) mass is 246 g/mol. The van der Waals surface area contributed by atoms with Gasteiger partial charge >= 0.3 is 0 Å². The van der Waals surface area contributed by atoms with Crippen molar-refractivity contribution in [2.24, 2.45) is 5.92 Å². The molecule has 0 saturated carbocycles. The largest absolute Gasteiger partial charge is 0.261 e. The van der Waals surface area contributed by atoms with Gasteiger partial charge in [0.25, 0.3) is 0 Å². The van der Waals surface area contributed by atoms with E-state index in [0.717, 1.165) is 22.7 Å². The van der Waals surface area contributed by atoms with Crippen LogP contribution in [0.1, 0.15) is 30.1 Å². The van der Waals surface area contributed by atoms with Crippen LogP contribution in [-0.2, 0) is 6.42 Å². The fourth-order valence-corrected chi connectivity index (χ4v) is 2.97. The summed E-state index contributed by atoms with van der Waals surface area (Å²) in [4.78, 5) is 10.4. The van der Waals surface area contributed by atoms with Crippen molar-refractivity contribution in [3.05, 3.63) is 34.6 Å². The van der Waals surface area contributed by atoms with Crippen molar-refractivity contribution in [1.29, 1.82) is 0 Å². The van der Waals surface area contributed by atoms with Gasteiger partial charge in [-0.1, -0.05) is 13.8 Å². The first kappa shape index (κ1) is 12.2. The van der Waals surface area contributed by atoms with Crippen molar-refractivity contribution in [1.82, 2.24) is 9.97 Å². The Morgan fingerprint density at radius 2 is 2.00 bits per heavy atom. The fraction of sp³-hybridized carbons (Fsp3) is 0.429. The lowest BCUT2D eigenvalue weighted by atomic mass is 10.1. The third kappa shape index (κ3) is 2.91. The van der Waals surface area contributed by atoms with E-state index in [2.05, 4.69) is 36.8 Å². The predicted molar refractivity (Wildman–Crippen MR) is 73.4 cm³/mol. The highest BCUT2D eigenvalue weighted by Gasteiger charge is 2.10. The molecule has 2 nitrogen and oxygen atoms in total. The number of rotatable bonds is 3. The Hall–Kier alpha value is -1.22. The molecule has 0 radical (unpaired) electrons. The minimum absolute atomic E-state index is 0.679. The first-order valence-electron chi connectivity index (χ1n) is 5.95. The molecule has 90 valence electrons. The van der Waals surface area contributed by atoms with E-state index >= 15 is 0 Å². The van der Waals surface area contributed by atoms with Crippen LogP contribution in [0.15, 0.2) is 18.3 Å². The van der Waals surface area contributed by atoms with E-state index in [-0.39, 0.29) is 0 Å². The summed E-state index contributed by atoms with van der Waals surface area (Å²) < 4.78 is 0. The van der Waals surface area contributed by atoms with Crippen LogP contribution in [-0.4, -0.2) is 9.97 Å². The van der Waals surface area contributed by atoms with Crippen LogP contribution in [0.3, 0.4) is 0 Å². The molecule has 0 aromatic carbocycles. The summed E-state index contributed by atoms with van der Waals surface area (Å²) in [6, 6.07) is 4.13. The van der Waals surface area contributed by atoms with Gasteiger partial charge in [0.2, 0.25) is 0 Å². The third-order valence-electron chi connectivity index (χ3n) is 2.64. The summed E-state index contributed by atoms with van der Waals surface area (Å²) >= 11 is 1.80. The zero-order valence-corrected chi connectivity index (χ0v) is 11.6. The lowest BCUT2D eigenvalue weighted by Gasteiger charge is -2.00. The average molecular weight is 246 g/mol. The zero-order valence-electron chi connectivity index (χ0n) is 10.8. The third-order valence-corrected chi connectivity index (χ3v) is 3.87. The average Bonchev–Trinajstić information content (AvgIpc) is 2.60. The van der Waals surface area contributed by atoms with Crippen molar-refractivity contribution in [2.45, 2.75) is 34.1 Å². The number of hydrogen-bond acceptors (Lipinski definition) is 3. The molecule has 2 aromatic heterocycles. The molecule has 0 bridgehead atoms. The van der Waals surface area contributed by atoms with Gasteiger partial charge in [-0.2, -0.15) is 0 Å². The summed E-state index contributed by atoms with van der Waals surface area (Å²) in [5, 5.41) is 1.09. The standard InChI is InChI=1S/C14H18N2S/c1-9(2)7-13-11(4)16-14(17-13)12-6-5-10(3)15-8-12/h5-6,8-9H,7H2,1-4H3. The molecule has 0 unspecified atom stereocenters. The molecular weight excluding hydrogens is 228 g/mol. The van der Waals surface area contributed by atoms with Gasteiger partial charge in [-0.3, -0.25) is 4.98 Å². The highest BCUT2D eigenvalue weighted by atomic mass is 32.1. The van der Waals surface area contributed by atoms with E-state index in [4.69, 9.17) is 0 Å². The highest BCUT2D eigenvalue weighted by Crippen LogP contribution is 2.29. The number of aryl methyl sites for hydroxylation is 2. The highest BCUT2D eigenvalue weighted by molar-refractivity contribution is 7.15. The molecule has 2 aromatic rings. The molecule has 0 aliphatic heterocycles. The quantitative estimate of drug-likeness (QED) is 0.817. The minimum atomic E-state index is 0.679. The molecular formula is C14H18N2S. The SMILES string of the molecule is Cc1ccc(-c2nc(C)c(CC(C)C)s2)cn1. The van der Waals surface area contributed by atoms with Crippen molar-refractivity contribution >= 4 is 11.3 Å². The van der Waals surface area contributed by atoms with Gasteiger partial charge in [0.1, 0.15) is 5.01 Å². The topological polar surface area (TPSA) is 25.8 Å². The number of hydrogen-bond donors (Lipinski definition) is 0. The van der Waals surface area contributed by atoms with Crippen molar-refractivity contribution in [3.8, 4) is 10.6 Å². The van der Waals surface area contributed by atoms with Crippen LogP contribution in [0, 0.1) is 19.8 Å². The smallest absolute Gasteiger partial charge is 0.125 e. The van der Waals surface area contributed by atoms with Gasteiger partial charge in [-0.25, -0.2) is 4.98 Å². The second-order valence-electron chi connectivity index (χ2n) is 4.81. The Balaban J connectivity index is 2.31. The molecule has 0 fully saturated rings. The van der Waals surface area contributed by atoms with Gasteiger partial charge in [-0.05, 0) is 38.3 Å². The Kier molecular flexibility index (Phi) is 3.57. The summed E-state index contributed by atoms with van der Waals surface area (Å²) in [6.45, 7) is 8.58. The van der Waals surface area contributed by atoms with Crippen LogP contribution in [0.25, 0.3) is 10.6 Å². The molecule has 2 heterocycles. The predicted octanol–water partition coefficient (Wildman–Crippen LogP) is 4.02. The maximum absolute atomic E-state index is 4.64. The molecule has 0 aliphatic carbocycles. The second-order valence-corrected chi connectivity index (χ2v) is 5.90. The van der Waals surface area contributed by atoms with E-state index in [9.17, 15) is 0 Å². The zero-order chi connectivity index (χ0) is 12.4. The van der Waals surface area contributed by atoms with Gasteiger partial charge in [0.15, 0.2) is 0 Å². The van der Waals surface area contributed by atoms with Gasteiger partial charge in [0, 0.05) is 22.3 Å². The van der Waals surface area contributed by atoms with Gasteiger partial charge in [-0.15, -0.1) is 11.3 Å². The van der Waals surface area contributed by atoms with Crippen LogP contribution < -0.4 is 0 Å². The minimum Gasteiger partial charge on any atom is -0.261 e. The summed E-state index contributed by atoms with van der Waals surface area (Å²) in [7, 11) is 0. The summed E-state index contributed by atoms with van der Waals surface area (Å²) in [5.41, 5.74) is 3.34. The van der Waals surface area contributed by atoms with E-state index in [1.807, 2.05) is 19.2 Å². The Labute approximate surface area is 107 Å². The molecule has 0 N–H and O–H groups in total. The van der Waals surface area contributed by atoms with Gasteiger partial charge < -0.3 is 0 Å². The molecule has 0 amide bonds. The molecule has 0 saturated heterocycles. The Morgan fingerprint density at radius 1 is 1.24 bits per heavy atom. The second kappa shape index (κ2) is 4.96. The number of nitrogens with zero attached hydrogens (tertiary/aromatic N) is 2. The normalized spacial score (nSPS) is 11.1. The van der Waals surface area contributed by atoms with E-state index in [1.165, 1.54) is 10.6 Å². The maximum atomic E-state index is 4.64. The molecule has 0 spiro atoms.